The molecule has 1 saturated heterocycles. The molecular formula is C20H25FN2O5. The van der Waals surface area contributed by atoms with Crippen LogP contribution in [-0.2, 0) is 9.59 Å². The smallest absolute Gasteiger partial charge is 0.314 e. The number of benzene rings is 1. The molecule has 2 amide bonds. The van der Waals surface area contributed by atoms with Gasteiger partial charge < -0.3 is 20.4 Å². The third kappa shape index (κ3) is 4.49. The fraction of sp³-hybridized carbons (Fsp3) is 0.550. The Balaban J connectivity index is 1.54. The number of piperidine rings is 1. The van der Waals surface area contributed by atoms with Crippen LogP contribution in [0.1, 0.15) is 42.5 Å². The maximum atomic E-state index is 12.9. The molecule has 0 bridgehead atoms. The molecule has 0 radical (unpaired) electrons. The van der Waals surface area contributed by atoms with Crippen LogP contribution in [0, 0.1) is 17.2 Å². The number of nitrogens with one attached hydrogen (secondary N) is 1. The van der Waals surface area contributed by atoms with Gasteiger partial charge in [-0.05, 0) is 43.0 Å². The molecule has 1 aromatic carbocycles. The van der Waals surface area contributed by atoms with Gasteiger partial charge in [-0.25, -0.2) is 4.39 Å². The lowest BCUT2D eigenvalue weighted by Crippen LogP contribution is -2.57. The highest BCUT2D eigenvalue weighted by Crippen LogP contribution is 2.45. The molecule has 0 unspecified atom stereocenters. The Morgan fingerprint density at radius 3 is 2.46 bits per heavy atom. The topological polar surface area (TPSA) is 107 Å². The summed E-state index contributed by atoms with van der Waals surface area (Å²) in [7, 11) is 0. The SMILES string of the molecule is O=C(NCCC(=O)N1CC[C@H](O)[C@](CC2CC2)(C(=O)O)C1)c1ccc(F)cc1. The Morgan fingerprint density at radius 2 is 1.86 bits per heavy atom. The lowest BCUT2D eigenvalue weighted by Gasteiger charge is -2.43. The van der Waals surface area contributed by atoms with Crippen molar-refractivity contribution in [3.8, 4) is 0 Å². The predicted octanol–water partition coefficient (Wildman–Crippen LogP) is 1.41. The fourth-order valence-electron chi connectivity index (χ4n) is 3.77. The summed E-state index contributed by atoms with van der Waals surface area (Å²) in [6.07, 6.45) is 1.60. The van der Waals surface area contributed by atoms with Crippen molar-refractivity contribution < 1.29 is 29.0 Å². The van der Waals surface area contributed by atoms with E-state index in [2.05, 4.69) is 5.32 Å². The number of halogens is 1. The van der Waals surface area contributed by atoms with Gasteiger partial charge in [-0.3, -0.25) is 14.4 Å². The molecule has 2 aliphatic rings. The minimum atomic E-state index is -1.31. The molecule has 7 nitrogen and oxygen atoms in total. The first kappa shape index (κ1) is 20.3. The molecule has 1 saturated carbocycles. The molecule has 1 heterocycles. The normalized spacial score (nSPS) is 24.6. The summed E-state index contributed by atoms with van der Waals surface area (Å²) in [5, 5.41) is 22.7. The maximum absolute atomic E-state index is 12.9. The number of carbonyl (C=O) groups is 3. The molecule has 1 aliphatic heterocycles. The first-order valence-corrected chi connectivity index (χ1v) is 9.55. The number of rotatable bonds is 7. The molecule has 152 valence electrons. The van der Waals surface area contributed by atoms with Gasteiger partial charge in [0.15, 0.2) is 0 Å². The van der Waals surface area contributed by atoms with Crippen LogP contribution in [-0.4, -0.2) is 58.6 Å². The molecule has 8 heteroatoms. The maximum Gasteiger partial charge on any atom is 0.314 e. The number of hydrogen-bond acceptors (Lipinski definition) is 4. The highest BCUT2D eigenvalue weighted by Gasteiger charge is 2.52. The second-order valence-corrected chi connectivity index (χ2v) is 7.74. The van der Waals surface area contributed by atoms with E-state index in [9.17, 15) is 29.0 Å². The van der Waals surface area contributed by atoms with Crippen molar-refractivity contribution in [3.63, 3.8) is 0 Å². The van der Waals surface area contributed by atoms with E-state index in [1.807, 2.05) is 0 Å². The Hall–Kier alpha value is -2.48. The van der Waals surface area contributed by atoms with E-state index < -0.39 is 29.2 Å². The Labute approximate surface area is 162 Å². The zero-order valence-electron chi connectivity index (χ0n) is 15.6. The number of aliphatic hydroxyl groups is 1. The number of amides is 2. The van der Waals surface area contributed by atoms with E-state index in [0.717, 1.165) is 12.8 Å². The molecule has 0 aromatic heterocycles. The quantitative estimate of drug-likeness (QED) is 0.650. The van der Waals surface area contributed by atoms with E-state index >= 15 is 0 Å². The molecule has 2 fully saturated rings. The zero-order valence-corrected chi connectivity index (χ0v) is 15.6. The molecule has 2 atom stereocenters. The van der Waals surface area contributed by atoms with Gasteiger partial charge in [0.1, 0.15) is 11.2 Å². The van der Waals surface area contributed by atoms with Crippen LogP contribution in [0.5, 0.6) is 0 Å². The van der Waals surface area contributed by atoms with Gasteiger partial charge in [-0.1, -0.05) is 12.8 Å². The van der Waals surface area contributed by atoms with Crippen molar-refractivity contribution in [1.82, 2.24) is 10.2 Å². The van der Waals surface area contributed by atoms with Gasteiger partial charge in [0.05, 0.1) is 6.10 Å². The number of carboxylic acids is 1. The molecule has 28 heavy (non-hydrogen) atoms. The van der Waals surface area contributed by atoms with Crippen LogP contribution in [0.4, 0.5) is 4.39 Å². The second-order valence-electron chi connectivity index (χ2n) is 7.74. The third-order valence-corrected chi connectivity index (χ3v) is 5.64. The van der Waals surface area contributed by atoms with Gasteiger partial charge in [0.2, 0.25) is 5.91 Å². The van der Waals surface area contributed by atoms with Crippen molar-refractivity contribution in [2.75, 3.05) is 19.6 Å². The number of likely N-dealkylation sites (tertiary alicyclic amines) is 1. The number of hydrogen-bond donors (Lipinski definition) is 3. The summed E-state index contributed by atoms with van der Waals surface area (Å²) in [5.74, 6) is -1.86. The van der Waals surface area contributed by atoms with Crippen LogP contribution >= 0.6 is 0 Å². The lowest BCUT2D eigenvalue weighted by atomic mass is 9.73. The molecule has 1 aliphatic carbocycles. The number of nitrogens with zero attached hydrogens (tertiary/aromatic N) is 1. The van der Waals surface area contributed by atoms with Gasteiger partial charge in [-0.2, -0.15) is 0 Å². The largest absolute Gasteiger partial charge is 0.481 e. The Morgan fingerprint density at radius 1 is 1.18 bits per heavy atom. The van der Waals surface area contributed by atoms with Crippen molar-refractivity contribution >= 4 is 17.8 Å². The Kier molecular flexibility index (Phi) is 5.98. The van der Waals surface area contributed by atoms with Crippen molar-refractivity contribution in [3.05, 3.63) is 35.6 Å². The van der Waals surface area contributed by atoms with E-state index in [1.165, 1.54) is 29.2 Å². The van der Waals surface area contributed by atoms with Crippen molar-refractivity contribution in [1.29, 1.82) is 0 Å². The molecule has 1 aromatic rings. The number of aliphatic carboxylic acids is 1. The molecular weight excluding hydrogens is 367 g/mol. The van der Waals surface area contributed by atoms with Crippen molar-refractivity contribution in [2.45, 2.75) is 38.2 Å². The molecule has 0 spiro atoms. The van der Waals surface area contributed by atoms with E-state index in [1.54, 1.807) is 0 Å². The van der Waals surface area contributed by atoms with Crippen LogP contribution in [0.3, 0.4) is 0 Å². The summed E-state index contributed by atoms with van der Waals surface area (Å²) in [4.78, 5) is 37.9. The molecule has 3 rings (SSSR count). The van der Waals surface area contributed by atoms with Gasteiger partial charge >= 0.3 is 5.97 Å². The van der Waals surface area contributed by atoms with E-state index in [0.29, 0.717) is 24.4 Å². The zero-order chi connectivity index (χ0) is 20.3. The van der Waals surface area contributed by atoms with E-state index in [-0.39, 0.29) is 31.8 Å². The molecule has 3 N–H and O–H groups in total. The monoisotopic (exact) mass is 392 g/mol. The van der Waals surface area contributed by atoms with Crippen LogP contribution in [0.25, 0.3) is 0 Å². The number of carbonyl (C=O) groups excluding carboxylic acids is 2. The second kappa shape index (κ2) is 8.26. The summed E-state index contributed by atoms with van der Waals surface area (Å²) >= 11 is 0. The summed E-state index contributed by atoms with van der Waals surface area (Å²) in [6.45, 7) is 0.382. The van der Waals surface area contributed by atoms with Crippen LogP contribution < -0.4 is 5.32 Å². The van der Waals surface area contributed by atoms with Crippen LogP contribution in [0.15, 0.2) is 24.3 Å². The number of carboxylic acid groups (broad SMARTS) is 1. The average molecular weight is 392 g/mol. The van der Waals surface area contributed by atoms with Gasteiger partial charge in [-0.15, -0.1) is 0 Å². The first-order valence-electron chi connectivity index (χ1n) is 9.55. The summed E-state index contributed by atoms with van der Waals surface area (Å²) in [5.41, 5.74) is -1.02. The number of aliphatic hydroxyl groups excluding tert-OH is 1. The minimum Gasteiger partial charge on any atom is -0.481 e. The first-order chi connectivity index (χ1) is 13.3. The van der Waals surface area contributed by atoms with E-state index in [4.69, 9.17) is 0 Å². The summed E-state index contributed by atoms with van der Waals surface area (Å²) in [6, 6.07) is 5.09. The fourth-order valence-corrected chi connectivity index (χ4v) is 3.77. The highest BCUT2D eigenvalue weighted by molar-refractivity contribution is 5.94. The van der Waals surface area contributed by atoms with Gasteiger partial charge in [0.25, 0.3) is 5.91 Å². The minimum absolute atomic E-state index is 0.00918. The summed E-state index contributed by atoms with van der Waals surface area (Å²) < 4.78 is 12.9. The highest BCUT2D eigenvalue weighted by atomic mass is 19.1. The predicted molar refractivity (Wildman–Crippen MR) is 98.0 cm³/mol. The van der Waals surface area contributed by atoms with Crippen LogP contribution in [0.2, 0.25) is 0 Å². The third-order valence-electron chi connectivity index (χ3n) is 5.64. The lowest BCUT2D eigenvalue weighted by molar-refractivity contribution is -0.167. The van der Waals surface area contributed by atoms with Gasteiger partial charge in [0, 0.05) is 31.6 Å². The van der Waals surface area contributed by atoms with Crippen molar-refractivity contribution in [2.24, 2.45) is 11.3 Å². The Bertz CT molecular complexity index is 749. The average Bonchev–Trinajstić information content (AvgIpc) is 3.47. The standard InChI is InChI=1S/C20H25FN2O5/c21-15-5-3-14(4-6-15)18(26)22-9-7-17(25)23-10-8-16(24)20(12-23,19(27)28)11-13-1-2-13/h3-6,13,16,24H,1-2,7-12H2,(H,22,26)(H,27,28)/t16-,20+/m0/s1.